The second kappa shape index (κ2) is 9.25. The number of amides is 2. The number of likely N-dealkylation sites (N-methyl/N-ethyl adjacent to an activating group) is 1. The SMILES string of the molecule is CCOc1ccc(C2=C(Nc3ccc(N4CCCCC4)cc3)C(=O)N(CC)C2=O)cc1. The van der Waals surface area contributed by atoms with E-state index >= 15 is 0 Å². The van der Waals surface area contributed by atoms with Crippen LogP contribution in [0.15, 0.2) is 54.2 Å². The van der Waals surface area contributed by atoms with Crippen molar-refractivity contribution in [2.45, 2.75) is 33.1 Å². The van der Waals surface area contributed by atoms with E-state index < -0.39 is 0 Å². The number of carbonyl (C=O) groups is 2. The van der Waals surface area contributed by atoms with Gasteiger partial charge in [0.05, 0.1) is 12.2 Å². The first kappa shape index (κ1) is 21.0. The molecule has 0 aliphatic carbocycles. The summed E-state index contributed by atoms with van der Waals surface area (Å²) in [7, 11) is 0. The molecule has 0 spiro atoms. The highest BCUT2D eigenvalue weighted by atomic mass is 16.5. The minimum Gasteiger partial charge on any atom is -0.494 e. The van der Waals surface area contributed by atoms with E-state index in [9.17, 15) is 9.59 Å². The molecule has 6 nitrogen and oxygen atoms in total. The summed E-state index contributed by atoms with van der Waals surface area (Å²) in [5.74, 6) is 0.166. The van der Waals surface area contributed by atoms with Gasteiger partial charge in [-0.1, -0.05) is 12.1 Å². The van der Waals surface area contributed by atoms with Crippen LogP contribution in [0.4, 0.5) is 11.4 Å². The van der Waals surface area contributed by atoms with E-state index in [-0.39, 0.29) is 11.8 Å². The largest absolute Gasteiger partial charge is 0.494 e. The average Bonchev–Trinajstić information content (AvgIpc) is 3.04. The van der Waals surface area contributed by atoms with E-state index in [1.54, 1.807) is 0 Å². The molecule has 2 aromatic carbocycles. The Kier molecular flexibility index (Phi) is 6.26. The Morgan fingerprint density at radius 2 is 1.55 bits per heavy atom. The summed E-state index contributed by atoms with van der Waals surface area (Å²) in [4.78, 5) is 29.6. The van der Waals surface area contributed by atoms with Crippen molar-refractivity contribution in [3.05, 3.63) is 59.8 Å². The fraction of sp³-hybridized carbons (Fsp3) is 0.360. The van der Waals surface area contributed by atoms with Crippen molar-refractivity contribution in [1.29, 1.82) is 0 Å². The predicted octanol–water partition coefficient (Wildman–Crippen LogP) is 4.29. The molecule has 2 aliphatic heterocycles. The lowest BCUT2D eigenvalue weighted by Gasteiger charge is -2.28. The van der Waals surface area contributed by atoms with Crippen molar-refractivity contribution in [3.63, 3.8) is 0 Å². The third kappa shape index (κ3) is 4.29. The van der Waals surface area contributed by atoms with Crippen LogP contribution in [0.25, 0.3) is 5.57 Å². The Hall–Kier alpha value is -3.28. The fourth-order valence-electron chi connectivity index (χ4n) is 4.18. The maximum Gasteiger partial charge on any atom is 0.278 e. The molecular weight excluding hydrogens is 390 g/mol. The van der Waals surface area contributed by atoms with Crippen molar-refractivity contribution in [2.75, 3.05) is 36.5 Å². The summed E-state index contributed by atoms with van der Waals surface area (Å²) < 4.78 is 5.50. The van der Waals surface area contributed by atoms with Crippen molar-refractivity contribution >= 4 is 28.8 Å². The number of hydrogen-bond acceptors (Lipinski definition) is 5. The minimum atomic E-state index is -0.295. The second-order valence-corrected chi connectivity index (χ2v) is 7.78. The molecule has 0 radical (unpaired) electrons. The van der Waals surface area contributed by atoms with Gasteiger partial charge in [0.25, 0.3) is 11.8 Å². The number of nitrogens with zero attached hydrogens (tertiary/aromatic N) is 2. The maximum absolute atomic E-state index is 13.0. The zero-order chi connectivity index (χ0) is 21.8. The van der Waals surface area contributed by atoms with Gasteiger partial charge in [0.15, 0.2) is 0 Å². The number of piperidine rings is 1. The molecule has 31 heavy (non-hydrogen) atoms. The Morgan fingerprint density at radius 3 is 2.16 bits per heavy atom. The van der Waals surface area contributed by atoms with E-state index in [2.05, 4.69) is 22.3 Å². The zero-order valence-corrected chi connectivity index (χ0v) is 18.2. The molecule has 0 saturated carbocycles. The number of anilines is 2. The average molecular weight is 420 g/mol. The summed E-state index contributed by atoms with van der Waals surface area (Å²) in [6, 6.07) is 15.4. The molecule has 0 bridgehead atoms. The summed E-state index contributed by atoms with van der Waals surface area (Å²) >= 11 is 0. The number of rotatable bonds is 7. The Labute approximate surface area is 183 Å². The first-order valence-corrected chi connectivity index (χ1v) is 11.1. The van der Waals surface area contributed by atoms with E-state index in [0.29, 0.717) is 30.0 Å². The topological polar surface area (TPSA) is 61.9 Å². The Balaban J connectivity index is 1.62. The van der Waals surface area contributed by atoms with Gasteiger partial charge in [-0.15, -0.1) is 0 Å². The zero-order valence-electron chi connectivity index (χ0n) is 18.2. The summed E-state index contributed by atoms with van der Waals surface area (Å²) in [5, 5.41) is 3.22. The molecule has 6 heteroatoms. The lowest BCUT2D eigenvalue weighted by molar-refractivity contribution is -0.136. The number of carbonyl (C=O) groups excluding carboxylic acids is 2. The van der Waals surface area contributed by atoms with Crippen LogP contribution in [0.5, 0.6) is 5.75 Å². The predicted molar refractivity (Wildman–Crippen MR) is 123 cm³/mol. The van der Waals surface area contributed by atoms with E-state index in [1.807, 2.05) is 50.2 Å². The number of benzene rings is 2. The van der Waals surface area contributed by atoms with Gasteiger partial charge in [-0.05, 0) is 75.1 Å². The summed E-state index contributed by atoms with van der Waals surface area (Å²) in [6.07, 6.45) is 3.74. The number of imide groups is 1. The van der Waals surface area contributed by atoms with E-state index in [4.69, 9.17) is 4.74 Å². The molecule has 0 unspecified atom stereocenters. The van der Waals surface area contributed by atoms with E-state index in [1.165, 1.54) is 29.8 Å². The highest BCUT2D eigenvalue weighted by Crippen LogP contribution is 2.32. The van der Waals surface area contributed by atoms with Crippen molar-refractivity contribution in [3.8, 4) is 5.75 Å². The Morgan fingerprint density at radius 1 is 0.871 bits per heavy atom. The highest BCUT2D eigenvalue weighted by Gasteiger charge is 2.38. The Bertz CT molecular complexity index is 974. The molecule has 0 aromatic heterocycles. The van der Waals surface area contributed by atoms with Crippen LogP contribution >= 0.6 is 0 Å². The third-order valence-electron chi connectivity index (χ3n) is 5.80. The number of ether oxygens (including phenoxy) is 1. The summed E-state index contributed by atoms with van der Waals surface area (Å²) in [5.41, 5.74) is 3.40. The van der Waals surface area contributed by atoms with Crippen LogP contribution in [0.1, 0.15) is 38.7 Å². The highest BCUT2D eigenvalue weighted by molar-refractivity contribution is 6.36. The van der Waals surface area contributed by atoms with Crippen molar-refractivity contribution in [1.82, 2.24) is 4.90 Å². The van der Waals surface area contributed by atoms with Gasteiger partial charge >= 0.3 is 0 Å². The van der Waals surface area contributed by atoms with Crippen LogP contribution in [0, 0.1) is 0 Å². The lowest BCUT2D eigenvalue weighted by Crippen LogP contribution is -2.32. The number of nitrogens with one attached hydrogen (secondary N) is 1. The molecule has 0 atom stereocenters. The standard InChI is InChI=1S/C25H29N3O3/c1-3-28-24(29)22(18-8-14-21(15-9-18)31-4-2)23(25(28)30)26-19-10-12-20(13-11-19)27-16-6-5-7-17-27/h8-15,26H,3-7,16-17H2,1-2H3. The minimum absolute atomic E-state index is 0.274. The molecule has 2 aliphatic rings. The molecular formula is C25H29N3O3. The van der Waals surface area contributed by atoms with Gasteiger partial charge in [0.2, 0.25) is 0 Å². The molecule has 2 aromatic rings. The van der Waals surface area contributed by atoms with Crippen LogP contribution in [0.3, 0.4) is 0 Å². The molecule has 2 amide bonds. The fourth-order valence-corrected chi connectivity index (χ4v) is 4.18. The molecule has 1 saturated heterocycles. The second-order valence-electron chi connectivity index (χ2n) is 7.78. The van der Waals surface area contributed by atoms with Crippen molar-refractivity contribution in [2.24, 2.45) is 0 Å². The van der Waals surface area contributed by atoms with Gasteiger partial charge < -0.3 is 15.0 Å². The van der Waals surface area contributed by atoms with Crippen LogP contribution in [-0.2, 0) is 9.59 Å². The van der Waals surface area contributed by atoms with Gasteiger partial charge in [0, 0.05) is 31.0 Å². The quantitative estimate of drug-likeness (QED) is 0.679. The molecule has 1 fully saturated rings. The van der Waals surface area contributed by atoms with Gasteiger partial charge in [-0.3, -0.25) is 14.5 Å². The molecule has 1 N–H and O–H groups in total. The first-order valence-electron chi connectivity index (χ1n) is 11.1. The van der Waals surface area contributed by atoms with Crippen molar-refractivity contribution < 1.29 is 14.3 Å². The van der Waals surface area contributed by atoms with Gasteiger partial charge in [-0.25, -0.2) is 0 Å². The molecule has 2 heterocycles. The first-order chi connectivity index (χ1) is 15.1. The van der Waals surface area contributed by atoms with E-state index in [0.717, 1.165) is 24.5 Å². The smallest absolute Gasteiger partial charge is 0.278 e. The van der Waals surface area contributed by atoms with Gasteiger partial charge in [0.1, 0.15) is 11.4 Å². The van der Waals surface area contributed by atoms with Gasteiger partial charge in [-0.2, -0.15) is 0 Å². The molecule has 4 rings (SSSR count). The normalized spacial score (nSPS) is 16.8. The maximum atomic E-state index is 13.0. The molecule has 162 valence electrons. The lowest BCUT2D eigenvalue weighted by atomic mass is 10.0. The number of hydrogen-bond donors (Lipinski definition) is 1. The van der Waals surface area contributed by atoms with Crippen LogP contribution < -0.4 is 15.0 Å². The van der Waals surface area contributed by atoms with Crippen LogP contribution in [-0.4, -0.2) is 43.0 Å². The van der Waals surface area contributed by atoms with Crippen LogP contribution in [0.2, 0.25) is 0 Å². The summed E-state index contributed by atoms with van der Waals surface area (Å²) in [6.45, 7) is 6.80. The third-order valence-corrected chi connectivity index (χ3v) is 5.80. The monoisotopic (exact) mass is 419 g/mol.